The number of carbonyl (C=O) groups excluding carboxylic acids is 2. The number of urea groups is 1. The lowest BCUT2D eigenvalue weighted by molar-refractivity contribution is -0.131. The Morgan fingerprint density at radius 2 is 1.53 bits per heavy atom. The van der Waals surface area contributed by atoms with Crippen LogP contribution < -0.4 is 10.6 Å². The number of hydrogen-bond donors (Lipinski definition) is 2. The Labute approximate surface area is 190 Å². The molecular weight excluding hydrogens is 400 g/mol. The van der Waals surface area contributed by atoms with E-state index in [1.165, 1.54) is 18.4 Å². The number of likely N-dealkylation sites (tertiary alicyclic amines) is 2. The average molecular weight is 433 g/mol. The fourth-order valence-electron chi connectivity index (χ4n) is 5.15. The molecule has 5 rings (SSSR count). The Morgan fingerprint density at radius 1 is 0.875 bits per heavy atom. The highest BCUT2D eigenvalue weighted by Gasteiger charge is 2.57. The summed E-state index contributed by atoms with van der Waals surface area (Å²) in [6, 6.07) is 20.3. The molecular formula is C26H32N4O2. The van der Waals surface area contributed by atoms with Crippen LogP contribution in [0.5, 0.6) is 0 Å². The fraction of sp³-hybridized carbons (Fsp3) is 0.462. The van der Waals surface area contributed by atoms with Gasteiger partial charge in [-0.05, 0) is 29.9 Å². The maximum absolute atomic E-state index is 13.1. The van der Waals surface area contributed by atoms with Crippen LogP contribution in [0.2, 0.25) is 0 Å². The molecule has 2 N–H and O–H groups in total. The van der Waals surface area contributed by atoms with E-state index in [1.807, 2.05) is 41.3 Å². The molecule has 2 aromatic carbocycles. The minimum Gasteiger partial charge on any atom is -0.356 e. The van der Waals surface area contributed by atoms with Crippen molar-refractivity contribution < 1.29 is 9.59 Å². The lowest BCUT2D eigenvalue weighted by atomic mass is 9.71. The van der Waals surface area contributed by atoms with E-state index in [0.29, 0.717) is 25.6 Å². The van der Waals surface area contributed by atoms with Crippen molar-refractivity contribution in [3.8, 4) is 0 Å². The average Bonchev–Trinajstić information content (AvgIpc) is 3.55. The van der Waals surface area contributed by atoms with Crippen molar-refractivity contribution in [2.75, 3.05) is 32.7 Å². The maximum atomic E-state index is 13.1. The van der Waals surface area contributed by atoms with Crippen molar-refractivity contribution in [1.82, 2.24) is 20.4 Å². The largest absolute Gasteiger partial charge is 0.356 e. The smallest absolute Gasteiger partial charge is 0.317 e. The van der Waals surface area contributed by atoms with Gasteiger partial charge in [-0.3, -0.25) is 9.69 Å². The molecule has 1 aliphatic carbocycles. The fourth-order valence-corrected chi connectivity index (χ4v) is 5.15. The van der Waals surface area contributed by atoms with Crippen LogP contribution in [0.15, 0.2) is 60.7 Å². The monoisotopic (exact) mass is 432 g/mol. The van der Waals surface area contributed by atoms with Gasteiger partial charge in [0, 0.05) is 51.2 Å². The summed E-state index contributed by atoms with van der Waals surface area (Å²) in [6.07, 6.45) is 2.46. The van der Waals surface area contributed by atoms with Crippen molar-refractivity contribution in [2.45, 2.75) is 25.9 Å². The topological polar surface area (TPSA) is 64.7 Å². The third-order valence-corrected chi connectivity index (χ3v) is 7.13. The molecule has 6 heteroatoms. The van der Waals surface area contributed by atoms with Gasteiger partial charge in [0.05, 0.1) is 5.92 Å². The van der Waals surface area contributed by atoms with Crippen LogP contribution in [0.25, 0.3) is 0 Å². The molecule has 3 amide bonds. The van der Waals surface area contributed by atoms with Gasteiger partial charge in [0.1, 0.15) is 0 Å². The predicted molar refractivity (Wildman–Crippen MR) is 124 cm³/mol. The molecule has 2 aliphatic heterocycles. The summed E-state index contributed by atoms with van der Waals surface area (Å²) in [6.45, 7) is 5.05. The lowest BCUT2D eigenvalue weighted by Gasteiger charge is -2.50. The molecule has 0 radical (unpaired) electrons. The summed E-state index contributed by atoms with van der Waals surface area (Å²) in [7, 11) is 0. The van der Waals surface area contributed by atoms with E-state index in [1.54, 1.807) is 0 Å². The number of nitrogens with zero attached hydrogens (tertiary/aromatic N) is 2. The molecule has 3 aliphatic rings. The quantitative estimate of drug-likeness (QED) is 0.707. The van der Waals surface area contributed by atoms with Gasteiger partial charge in [-0.1, -0.05) is 60.7 Å². The van der Waals surface area contributed by atoms with E-state index in [-0.39, 0.29) is 23.3 Å². The van der Waals surface area contributed by atoms with Crippen LogP contribution in [-0.2, 0) is 17.9 Å². The number of hydrogen-bond acceptors (Lipinski definition) is 3. The molecule has 2 heterocycles. The molecule has 0 bridgehead atoms. The van der Waals surface area contributed by atoms with Crippen LogP contribution in [0, 0.1) is 17.3 Å². The predicted octanol–water partition coefficient (Wildman–Crippen LogP) is 2.86. The Kier molecular flexibility index (Phi) is 5.87. The summed E-state index contributed by atoms with van der Waals surface area (Å²) in [5.41, 5.74) is 2.20. The highest BCUT2D eigenvalue weighted by atomic mass is 16.2. The van der Waals surface area contributed by atoms with Crippen LogP contribution in [0.3, 0.4) is 0 Å². The van der Waals surface area contributed by atoms with Crippen LogP contribution >= 0.6 is 0 Å². The molecule has 1 saturated carbocycles. The molecule has 32 heavy (non-hydrogen) atoms. The number of rotatable bonds is 7. The SMILES string of the molecule is O=C(NCC1CC1)C1CN(Cc2ccccc2)CC12CN(C(=O)NCc1ccccc1)C2. The molecule has 2 saturated heterocycles. The lowest BCUT2D eigenvalue weighted by Crippen LogP contribution is -2.65. The molecule has 1 unspecified atom stereocenters. The van der Waals surface area contributed by atoms with E-state index in [2.05, 4.69) is 39.8 Å². The van der Waals surface area contributed by atoms with Gasteiger partial charge in [-0.15, -0.1) is 0 Å². The Morgan fingerprint density at radius 3 is 2.19 bits per heavy atom. The van der Waals surface area contributed by atoms with Crippen LogP contribution in [-0.4, -0.2) is 54.5 Å². The Balaban J connectivity index is 1.21. The second-order valence-electron chi connectivity index (χ2n) is 9.76. The first-order valence-electron chi connectivity index (χ1n) is 11.7. The van der Waals surface area contributed by atoms with E-state index in [0.717, 1.165) is 31.7 Å². The summed E-state index contributed by atoms with van der Waals surface area (Å²) in [5.74, 6) is 0.762. The summed E-state index contributed by atoms with van der Waals surface area (Å²) < 4.78 is 0. The number of amides is 3. The second kappa shape index (κ2) is 8.94. The minimum absolute atomic E-state index is 0.0434. The summed E-state index contributed by atoms with van der Waals surface area (Å²) in [5, 5.41) is 6.22. The van der Waals surface area contributed by atoms with Gasteiger partial charge in [-0.2, -0.15) is 0 Å². The molecule has 2 aromatic rings. The van der Waals surface area contributed by atoms with Gasteiger partial charge < -0.3 is 15.5 Å². The third kappa shape index (κ3) is 4.65. The second-order valence-corrected chi connectivity index (χ2v) is 9.76. The Bertz CT molecular complexity index is 939. The first-order chi connectivity index (χ1) is 15.6. The number of benzene rings is 2. The zero-order valence-electron chi connectivity index (χ0n) is 18.5. The van der Waals surface area contributed by atoms with Crippen LogP contribution in [0.4, 0.5) is 4.79 Å². The van der Waals surface area contributed by atoms with Gasteiger partial charge in [0.25, 0.3) is 0 Å². The summed E-state index contributed by atoms with van der Waals surface area (Å²) >= 11 is 0. The van der Waals surface area contributed by atoms with Crippen molar-refractivity contribution >= 4 is 11.9 Å². The number of nitrogens with one attached hydrogen (secondary N) is 2. The van der Waals surface area contributed by atoms with Crippen LogP contribution in [0.1, 0.15) is 24.0 Å². The van der Waals surface area contributed by atoms with Crippen molar-refractivity contribution in [1.29, 1.82) is 0 Å². The van der Waals surface area contributed by atoms with Gasteiger partial charge in [-0.25, -0.2) is 4.79 Å². The van der Waals surface area contributed by atoms with E-state index in [4.69, 9.17) is 0 Å². The van der Waals surface area contributed by atoms with E-state index >= 15 is 0 Å². The molecule has 6 nitrogen and oxygen atoms in total. The molecule has 168 valence electrons. The van der Waals surface area contributed by atoms with Gasteiger partial charge in [0.15, 0.2) is 0 Å². The van der Waals surface area contributed by atoms with E-state index < -0.39 is 0 Å². The van der Waals surface area contributed by atoms with Crippen molar-refractivity contribution in [3.05, 3.63) is 71.8 Å². The van der Waals surface area contributed by atoms with Gasteiger partial charge in [0.2, 0.25) is 5.91 Å². The third-order valence-electron chi connectivity index (χ3n) is 7.13. The molecule has 1 spiro atoms. The highest BCUT2D eigenvalue weighted by Crippen LogP contribution is 2.44. The Hall–Kier alpha value is -2.86. The van der Waals surface area contributed by atoms with E-state index in [9.17, 15) is 9.59 Å². The standard InChI is InChI=1S/C26H32N4O2/c31-24(27-13-21-11-12-21)23-16-29(15-22-9-5-2-6-10-22)17-26(23)18-30(19-26)25(32)28-14-20-7-3-1-4-8-20/h1-10,21,23H,11-19H2,(H,27,31)(H,28,32). The van der Waals surface area contributed by atoms with Crippen molar-refractivity contribution in [3.63, 3.8) is 0 Å². The zero-order valence-corrected chi connectivity index (χ0v) is 18.5. The first kappa shape index (κ1) is 21.0. The minimum atomic E-state index is -0.146. The summed E-state index contributed by atoms with van der Waals surface area (Å²) in [4.78, 5) is 30.1. The first-order valence-corrected chi connectivity index (χ1v) is 11.7. The maximum Gasteiger partial charge on any atom is 0.317 e. The molecule has 3 fully saturated rings. The highest BCUT2D eigenvalue weighted by molar-refractivity contribution is 5.82. The molecule has 1 atom stereocenters. The normalized spacial score (nSPS) is 21.9. The molecule has 0 aromatic heterocycles. The zero-order chi connectivity index (χ0) is 22.0. The van der Waals surface area contributed by atoms with Crippen molar-refractivity contribution in [2.24, 2.45) is 17.3 Å². The number of carbonyl (C=O) groups is 2. The van der Waals surface area contributed by atoms with Gasteiger partial charge >= 0.3 is 6.03 Å².